The Hall–Kier alpha value is -4.36. The highest BCUT2D eigenvalue weighted by molar-refractivity contribution is 7.92. The van der Waals surface area contributed by atoms with Crippen molar-refractivity contribution >= 4 is 56.0 Å². The first-order valence-corrected chi connectivity index (χ1v) is 14.1. The van der Waals surface area contributed by atoms with Gasteiger partial charge in [0.05, 0.1) is 29.9 Å². The molecule has 0 spiro atoms. The van der Waals surface area contributed by atoms with Crippen molar-refractivity contribution in [1.82, 2.24) is 14.9 Å². The minimum atomic E-state index is -3.47. The topological polar surface area (TPSA) is 155 Å². The van der Waals surface area contributed by atoms with Gasteiger partial charge >= 0.3 is 0 Å². The number of para-hydroxylation sites is 2. The number of benzene rings is 2. The Labute approximate surface area is 235 Å². The highest BCUT2D eigenvalue weighted by Crippen LogP contribution is 2.37. The van der Waals surface area contributed by atoms with Crippen molar-refractivity contribution in [3.63, 3.8) is 0 Å². The minimum Gasteiger partial charge on any atom is -0.494 e. The van der Waals surface area contributed by atoms with Gasteiger partial charge in [0.25, 0.3) is 0 Å². The summed E-state index contributed by atoms with van der Waals surface area (Å²) < 4.78 is 32.4. The van der Waals surface area contributed by atoms with Crippen LogP contribution in [0.5, 0.6) is 5.75 Å². The maximum absolute atomic E-state index is 12.1. The van der Waals surface area contributed by atoms with Crippen molar-refractivity contribution in [3.8, 4) is 5.75 Å². The van der Waals surface area contributed by atoms with Gasteiger partial charge in [0.2, 0.25) is 21.9 Å². The zero-order valence-corrected chi connectivity index (χ0v) is 24.2. The summed E-state index contributed by atoms with van der Waals surface area (Å²) in [6.45, 7) is 6.94. The number of amides is 1. The van der Waals surface area contributed by atoms with E-state index in [1.165, 1.54) is 0 Å². The van der Waals surface area contributed by atoms with Crippen LogP contribution in [-0.2, 0) is 14.8 Å². The van der Waals surface area contributed by atoms with Gasteiger partial charge in [-0.3, -0.25) is 9.52 Å². The standard InChI is InChI=1S/C27H36N8O4S/c1-7-40(37,38)33-21-11-9-8-10-20(21)30-25-12-13-29-27(32-25)31-22-16-19(18(2)26(28)36)23(17-24(22)39-6)35(5)15-14-34(3)4/h8-13,16-17,33H,2,7,14-15H2,1,3-6H3,(H2,28,36)(H2,29,30,31,32). The van der Waals surface area contributed by atoms with Gasteiger partial charge in [0.15, 0.2) is 0 Å². The number of ether oxygens (including phenoxy) is 1. The molecular weight excluding hydrogens is 532 g/mol. The zero-order chi connectivity index (χ0) is 29.4. The van der Waals surface area contributed by atoms with Crippen LogP contribution in [0.3, 0.4) is 0 Å². The van der Waals surface area contributed by atoms with Crippen LogP contribution in [0.15, 0.2) is 55.2 Å². The largest absolute Gasteiger partial charge is 0.494 e. The van der Waals surface area contributed by atoms with Crippen LogP contribution in [0.25, 0.3) is 5.57 Å². The molecule has 0 fully saturated rings. The quantitative estimate of drug-likeness (QED) is 0.213. The van der Waals surface area contributed by atoms with Crippen molar-refractivity contribution in [1.29, 1.82) is 0 Å². The average molecular weight is 569 g/mol. The molecule has 5 N–H and O–H groups in total. The summed E-state index contributed by atoms with van der Waals surface area (Å²) in [5.41, 5.74) is 8.43. The van der Waals surface area contributed by atoms with E-state index in [9.17, 15) is 13.2 Å². The monoisotopic (exact) mass is 568 g/mol. The van der Waals surface area contributed by atoms with Gasteiger partial charge in [-0.1, -0.05) is 18.7 Å². The molecule has 0 aliphatic carbocycles. The number of carbonyl (C=O) groups is 1. The third kappa shape index (κ3) is 7.83. The van der Waals surface area contributed by atoms with Gasteiger partial charge in [0, 0.05) is 49.2 Å². The molecule has 0 bridgehead atoms. The number of nitrogens with zero attached hydrogens (tertiary/aromatic N) is 4. The molecule has 214 valence electrons. The van der Waals surface area contributed by atoms with Crippen molar-refractivity contribution in [2.45, 2.75) is 6.92 Å². The Kier molecular flexibility index (Phi) is 9.91. The Morgan fingerprint density at radius 3 is 2.38 bits per heavy atom. The fourth-order valence-electron chi connectivity index (χ4n) is 3.66. The van der Waals surface area contributed by atoms with E-state index in [1.807, 2.05) is 26.0 Å². The van der Waals surface area contributed by atoms with Crippen molar-refractivity contribution in [3.05, 3.63) is 60.8 Å². The minimum absolute atomic E-state index is 0.0564. The Morgan fingerprint density at radius 2 is 1.75 bits per heavy atom. The second kappa shape index (κ2) is 13.1. The van der Waals surface area contributed by atoms with Crippen LogP contribution in [0.4, 0.5) is 34.5 Å². The summed E-state index contributed by atoms with van der Waals surface area (Å²) in [5.74, 6) is 0.451. The number of nitrogens with two attached hydrogens (primary N) is 1. The third-order valence-corrected chi connectivity index (χ3v) is 7.26. The number of hydrogen-bond donors (Lipinski definition) is 4. The van der Waals surface area contributed by atoms with Crippen LogP contribution in [0.2, 0.25) is 0 Å². The number of anilines is 6. The molecule has 1 aromatic heterocycles. The molecule has 0 aliphatic rings. The smallest absolute Gasteiger partial charge is 0.248 e. The number of rotatable bonds is 14. The molecular formula is C27H36N8O4S. The molecule has 0 saturated carbocycles. The third-order valence-electron chi connectivity index (χ3n) is 5.97. The van der Waals surface area contributed by atoms with E-state index in [1.54, 1.807) is 62.7 Å². The first-order chi connectivity index (χ1) is 18.9. The van der Waals surface area contributed by atoms with E-state index in [0.29, 0.717) is 40.7 Å². The van der Waals surface area contributed by atoms with Crippen LogP contribution in [0.1, 0.15) is 12.5 Å². The Bertz CT molecular complexity index is 1480. The first-order valence-electron chi connectivity index (χ1n) is 12.5. The summed E-state index contributed by atoms with van der Waals surface area (Å²) >= 11 is 0. The van der Waals surface area contributed by atoms with Crippen molar-refractivity contribution < 1.29 is 17.9 Å². The number of carbonyl (C=O) groups excluding carboxylic acids is 1. The zero-order valence-electron chi connectivity index (χ0n) is 23.4. The molecule has 3 aromatic rings. The number of methoxy groups -OCH3 is 1. The van der Waals surface area contributed by atoms with E-state index < -0.39 is 15.9 Å². The van der Waals surface area contributed by atoms with E-state index >= 15 is 0 Å². The molecule has 40 heavy (non-hydrogen) atoms. The summed E-state index contributed by atoms with van der Waals surface area (Å²) in [7, 11) is 3.95. The van der Waals surface area contributed by atoms with Crippen molar-refractivity contribution in [2.75, 3.05) is 67.4 Å². The van der Waals surface area contributed by atoms with Crippen LogP contribution >= 0.6 is 0 Å². The highest BCUT2D eigenvalue weighted by atomic mass is 32.2. The van der Waals surface area contributed by atoms with Gasteiger partial charge in [-0.25, -0.2) is 13.4 Å². The SMILES string of the molecule is C=C(C(N)=O)c1cc(Nc2nccc(Nc3ccccc3NS(=O)(=O)CC)n2)c(OC)cc1N(C)CCN(C)C. The molecule has 2 aromatic carbocycles. The number of hydrogen-bond acceptors (Lipinski definition) is 10. The summed E-state index contributed by atoms with van der Waals surface area (Å²) in [5, 5.41) is 6.27. The van der Waals surface area contributed by atoms with E-state index in [2.05, 4.69) is 36.8 Å². The van der Waals surface area contributed by atoms with Gasteiger partial charge < -0.3 is 30.9 Å². The van der Waals surface area contributed by atoms with E-state index in [0.717, 1.165) is 12.2 Å². The molecule has 3 rings (SSSR count). The molecule has 13 heteroatoms. The number of likely N-dealkylation sites (N-methyl/N-ethyl adjacent to an activating group) is 2. The number of primary amides is 1. The second-order valence-electron chi connectivity index (χ2n) is 9.20. The number of aromatic nitrogens is 2. The van der Waals surface area contributed by atoms with Crippen LogP contribution in [0, 0.1) is 0 Å². The molecule has 0 aliphatic heterocycles. The fraction of sp³-hybridized carbons (Fsp3) is 0.296. The van der Waals surface area contributed by atoms with Gasteiger partial charge in [-0.15, -0.1) is 0 Å². The highest BCUT2D eigenvalue weighted by Gasteiger charge is 2.19. The average Bonchev–Trinajstić information content (AvgIpc) is 2.92. The van der Waals surface area contributed by atoms with E-state index in [4.69, 9.17) is 10.5 Å². The molecule has 1 amide bonds. The Balaban J connectivity index is 1.94. The fourth-order valence-corrected chi connectivity index (χ4v) is 4.32. The van der Waals surface area contributed by atoms with E-state index in [-0.39, 0.29) is 17.3 Å². The molecule has 1 heterocycles. The summed E-state index contributed by atoms with van der Waals surface area (Å²) in [6, 6.07) is 12.1. The number of sulfonamides is 1. The van der Waals surface area contributed by atoms with Gasteiger partial charge in [0.1, 0.15) is 11.6 Å². The van der Waals surface area contributed by atoms with Crippen LogP contribution in [-0.4, -0.2) is 76.3 Å². The second-order valence-corrected chi connectivity index (χ2v) is 11.2. The lowest BCUT2D eigenvalue weighted by molar-refractivity contribution is -0.112. The lowest BCUT2D eigenvalue weighted by Gasteiger charge is -2.26. The lowest BCUT2D eigenvalue weighted by Crippen LogP contribution is -2.29. The maximum Gasteiger partial charge on any atom is 0.248 e. The molecule has 0 saturated heterocycles. The normalized spacial score (nSPS) is 11.2. The predicted molar refractivity (Wildman–Crippen MR) is 161 cm³/mol. The Morgan fingerprint density at radius 1 is 1.05 bits per heavy atom. The molecule has 0 radical (unpaired) electrons. The summed E-state index contributed by atoms with van der Waals surface area (Å²) in [4.78, 5) is 25.0. The van der Waals surface area contributed by atoms with Crippen molar-refractivity contribution in [2.24, 2.45) is 5.73 Å². The molecule has 0 unspecified atom stereocenters. The van der Waals surface area contributed by atoms with Crippen LogP contribution < -0.4 is 30.7 Å². The molecule has 12 nitrogen and oxygen atoms in total. The van der Waals surface area contributed by atoms with Gasteiger partial charge in [-0.05, 0) is 45.3 Å². The number of nitrogens with one attached hydrogen (secondary N) is 3. The molecule has 0 atom stereocenters. The van der Waals surface area contributed by atoms with Gasteiger partial charge in [-0.2, -0.15) is 4.98 Å². The maximum atomic E-state index is 12.1. The summed E-state index contributed by atoms with van der Waals surface area (Å²) in [6.07, 6.45) is 1.55. The first kappa shape index (κ1) is 30.2. The predicted octanol–water partition coefficient (Wildman–Crippen LogP) is 3.23. The lowest BCUT2D eigenvalue weighted by atomic mass is 10.0.